The van der Waals surface area contributed by atoms with Crippen molar-refractivity contribution >= 4 is 5.69 Å². The van der Waals surface area contributed by atoms with Crippen LogP contribution in [0.5, 0.6) is 0 Å². The summed E-state index contributed by atoms with van der Waals surface area (Å²) in [5.74, 6) is 0. The third kappa shape index (κ3) is 2.96. The van der Waals surface area contributed by atoms with Crippen molar-refractivity contribution in [1.82, 2.24) is 0 Å². The number of hydrogen-bond acceptors (Lipinski definition) is 2. The molecule has 0 saturated heterocycles. The minimum absolute atomic E-state index is 0.577. The number of anilines is 1. The third-order valence-corrected chi connectivity index (χ3v) is 3.66. The Kier molecular flexibility index (Phi) is 4.23. The van der Waals surface area contributed by atoms with Gasteiger partial charge in [0.15, 0.2) is 0 Å². The maximum atomic E-state index is 5.81. The van der Waals surface area contributed by atoms with Crippen LogP contribution < -0.4 is 10.6 Å². The first-order valence-corrected chi connectivity index (χ1v) is 6.67. The molecule has 0 unspecified atom stereocenters. The lowest BCUT2D eigenvalue weighted by Gasteiger charge is -2.24. The quantitative estimate of drug-likeness (QED) is 0.906. The van der Waals surface area contributed by atoms with Gasteiger partial charge >= 0.3 is 0 Å². The van der Waals surface area contributed by atoms with Crippen LogP contribution in [-0.2, 0) is 13.1 Å². The summed E-state index contributed by atoms with van der Waals surface area (Å²) in [6.07, 6.45) is 0. The molecule has 0 aliphatic heterocycles. The molecule has 2 aromatic rings. The van der Waals surface area contributed by atoms with E-state index in [1.54, 1.807) is 0 Å². The van der Waals surface area contributed by atoms with Gasteiger partial charge in [-0.25, -0.2) is 0 Å². The fraction of sp³-hybridized carbons (Fsp3) is 0.294. The van der Waals surface area contributed by atoms with E-state index in [1.807, 2.05) is 6.07 Å². The second-order valence-electron chi connectivity index (χ2n) is 5.06. The maximum Gasteiger partial charge on any atom is 0.0431 e. The largest absolute Gasteiger partial charge is 0.370 e. The molecule has 0 saturated carbocycles. The zero-order valence-corrected chi connectivity index (χ0v) is 12.0. The lowest BCUT2D eigenvalue weighted by Crippen LogP contribution is -2.20. The molecule has 0 bridgehead atoms. The van der Waals surface area contributed by atoms with Crippen LogP contribution in [0.3, 0.4) is 0 Å². The molecular weight excluding hydrogens is 232 g/mol. The molecule has 0 amide bonds. The number of nitrogens with zero attached hydrogens (tertiary/aromatic N) is 1. The fourth-order valence-electron chi connectivity index (χ4n) is 2.48. The smallest absolute Gasteiger partial charge is 0.0431 e. The van der Waals surface area contributed by atoms with Crippen LogP contribution in [0.4, 0.5) is 5.69 Å². The van der Waals surface area contributed by atoms with E-state index in [0.29, 0.717) is 6.54 Å². The van der Waals surface area contributed by atoms with Crippen molar-refractivity contribution in [3.63, 3.8) is 0 Å². The first kappa shape index (κ1) is 13.6. The first-order valence-electron chi connectivity index (χ1n) is 6.67. The van der Waals surface area contributed by atoms with Gasteiger partial charge in [0.1, 0.15) is 0 Å². The number of para-hydroxylation sites is 1. The standard InChI is InChI=1S/C17H22N2/c1-13-7-6-8-14(2)16(13)12-19(3)17-10-5-4-9-15(17)11-18/h4-10H,11-12,18H2,1-3H3. The van der Waals surface area contributed by atoms with E-state index >= 15 is 0 Å². The Morgan fingerprint density at radius 1 is 0.947 bits per heavy atom. The highest BCUT2D eigenvalue weighted by Gasteiger charge is 2.09. The van der Waals surface area contributed by atoms with E-state index in [-0.39, 0.29) is 0 Å². The van der Waals surface area contributed by atoms with Crippen molar-refractivity contribution in [3.8, 4) is 0 Å². The minimum Gasteiger partial charge on any atom is -0.370 e. The SMILES string of the molecule is Cc1cccc(C)c1CN(C)c1ccccc1CN. The lowest BCUT2D eigenvalue weighted by molar-refractivity contribution is 0.889. The second kappa shape index (κ2) is 5.89. The van der Waals surface area contributed by atoms with Crippen molar-refractivity contribution in [1.29, 1.82) is 0 Å². The van der Waals surface area contributed by atoms with E-state index in [1.165, 1.54) is 27.9 Å². The topological polar surface area (TPSA) is 29.3 Å². The summed E-state index contributed by atoms with van der Waals surface area (Å²) < 4.78 is 0. The Hall–Kier alpha value is -1.80. The Labute approximate surface area is 115 Å². The Balaban J connectivity index is 2.28. The molecule has 19 heavy (non-hydrogen) atoms. The van der Waals surface area contributed by atoms with Gasteiger partial charge in [0.25, 0.3) is 0 Å². The van der Waals surface area contributed by atoms with Crippen LogP contribution >= 0.6 is 0 Å². The van der Waals surface area contributed by atoms with Gasteiger partial charge in [0, 0.05) is 25.8 Å². The number of aryl methyl sites for hydroxylation is 2. The molecule has 100 valence electrons. The maximum absolute atomic E-state index is 5.81. The van der Waals surface area contributed by atoms with Gasteiger partial charge in [-0.15, -0.1) is 0 Å². The number of benzene rings is 2. The van der Waals surface area contributed by atoms with Crippen LogP contribution in [0.2, 0.25) is 0 Å². The van der Waals surface area contributed by atoms with Gasteiger partial charge < -0.3 is 10.6 Å². The van der Waals surface area contributed by atoms with E-state index in [4.69, 9.17) is 5.73 Å². The predicted octanol–water partition coefficient (Wildman–Crippen LogP) is 3.40. The molecule has 0 atom stereocenters. The van der Waals surface area contributed by atoms with Crippen molar-refractivity contribution in [2.45, 2.75) is 26.9 Å². The zero-order chi connectivity index (χ0) is 13.8. The van der Waals surface area contributed by atoms with E-state index in [0.717, 1.165) is 6.54 Å². The molecule has 0 aromatic heterocycles. The highest BCUT2D eigenvalue weighted by Crippen LogP contribution is 2.23. The molecule has 2 aromatic carbocycles. The van der Waals surface area contributed by atoms with Crippen molar-refractivity contribution in [3.05, 3.63) is 64.7 Å². The molecule has 0 radical (unpaired) electrons. The second-order valence-corrected chi connectivity index (χ2v) is 5.06. The van der Waals surface area contributed by atoms with E-state index < -0.39 is 0 Å². The molecule has 0 heterocycles. The predicted molar refractivity (Wildman–Crippen MR) is 82.4 cm³/mol. The van der Waals surface area contributed by atoms with Gasteiger partial charge in [-0.2, -0.15) is 0 Å². The lowest BCUT2D eigenvalue weighted by atomic mass is 10.0. The summed E-state index contributed by atoms with van der Waals surface area (Å²) >= 11 is 0. The highest BCUT2D eigenvalue weighted by atomic mass is 15.1. The minimum atomic E-state index is 0.577. The van der Waals surface area contributed by atoms with Gasteiger partial charge in [-0.1, -0.05) is 36.4 Å². The Morgan fingerprint density at radius 3 is 2.21 bits per heavy atom. The molecule has 2 nitrogen and oxygen atoms in total. The van der Waals surface area contributed by atoms with E-state index in [9.17, 15) is 0 Å². The molecule has 0 aliphatic rings. The molecule has 2 heteroatoms. The average Bonchev–Trinajstić information content (AvgIpc) is 2.42. The zero-order valence-electron chi connectivity index (χ0n) is 12.0. The monoisotopic (exact) mass is 254 g/mol. The normalized spacial score (nSPS) is 10.5. The summed E-state index contributed by atoms with van der Waals surface area (Å²) in [7, 11) is 2.13. The van der Waals surface area contributed by atoms with Crippen molar-refractivity contribution in [2.75, 3.05) is 11.9 Å². The number of nitrogens with two attached hydrogens (primary N) is 1. The van der Waals surface area contributed by atoms with Gasteiger partial charge in [0.05, 0.1) is 0 Å². The fourth-order valence-corrected chi connectivity index (χ4v) is 2.48. The molecule has 0 spiro atoms. The molecule has 0 fully saturated rings. The molecule has 2 N–H and O–H groups in total. The highest BCUT2D eigenvalue weighted by molar-refractivity contribution is 5.54. The van der Waals surface area contributed by atoms with Gasteiger partial charge in [-0.3, -0.25) is 0 Å². The van der Waals surface area contributed by atoms with Crippen molar-refractivity contribution in [2.24, 2.45) is 5.73 Å². The van der Waals surface area contributed by atoms with Gasteiger partial charge in [0.2, 0.25) is 0 Å². The van der Waals surface area contributed by atoms with Crippen molar-refractivity contribution < 1.29 is 0 Å². The van der Waals surface area contributed by atoms with Crippen LogP contribution in [-0.4, -0.2) is 7.05 Å². The Morgan fingerprint density at radius 2 is 1.58 bits per heavy atom. The number of hydrogen-bond donors (Lipinski definition) is 1. The Bertz CT molecular complexity index is 541. The molecule has 2 rings (SSSR count). The van der Waals surface area contributed by atoms with Crippen LogP contribution in [0, 0.1) is 13.8 Å². The molecule has 0 aliphatic carbocycles. The van der Waals surface area contributed by atoms with E-state index in [2.05, 4.69) is 62.2 Å². The van der Waals surface area contributed by atoms with Crippen LogP contribution in [0.25, 0.3) is 0 Å². The van der Waals surface area contributed by atoms with Gasteiger partial charge in [-0.05, 0) is 42.2 Å². The summed E-state index contributed by atoms with van der Waals surface area (Å²) in [5, 5.41) is 0. The summed E-state index contributed by atoms with van der Waals surface area (Å²) in [6.45, 7) is 5.83. The summed E-state index contributed by atoms with van der Waals surface area (Å²) in [6, 6.07) is 14.8. The number of rotatable bonds is 4. The molecular formula is C17H22N2. The van der Waals surface area contributed by atoms with Crippen LogP contribution in [0.15, 0.2) is 42.5 Å². The average molecular weight is 254 g/mol. The summed E-state index contributed by atoms with van der Waals surface area (Å²) in [4.78, 5) is 2.28. The summed E-state index contributed by atoms with van der Waals surface area (Å²) in [5.41, 5.74) is 12.3. The third-order valence-electron chi connectivity index (χ3n) is 3.66. The van der Waals surface area contributed by atoms with Crippen LogP contribution in [0.1, 0.15) is 22.3 Å². The first-order chi connectivity index (χ1) is 9.13.